The molecule has 27 heavy (non-hydrogen) atoms. The quantitative estimate of drug-likeness (QED) is 0.511. The zero-order chi connectivity index (χ0) is 18.8. The Morgan fingerprint density at radius 3 is 2.67 bits per heavy atom. The van der Waals surface area contributed by atoms with Gasteiger partial charge in [0, 0.05) is 28.9 Å². The minimum atomic E-state index is -0.829. The first kappa shape index (κ1) is 16.8. The van der Waals surface area contributed by atoms with Gasteiger partial charge in [0.05, 0.1) is 5.52 Å². The first-order valence-electron chi connectivity index (χ1n) is 8.63. The van der Waals surface area contributed by atoms with E-state index in [-0.39, 0.29) is 5.69 Å². The minimum absolute atomic E-state index is 0.249. The van der Waals surface area contributed by atoms with Gasteiger partial charge in [0.25, 0.3) is 5.91 Å². The fourth-order valence-electron chi connectivity index (χ4n) is 3.17. The Bertz CT molecular complexity index is 1150. The van der Waals surface area contributed by atoms with E-state index in [1.807, 2.05) is 60.8 Å². The Balaban J connectivity index is 1.57. The summed E-state index contributed by atoms with van der Waals surface area (Å²) < 4.78 is 0. The number of H-pyrrole nitrogens is 1. The third kappa shape index (κ3) is 3.37. The van der Waals surface area contributed by atoms with Crippen LogP contribution in [0.25, 0.3) is 21.8 Å². The van der Waals surface area contributed by atoms with E-state index in [1.54, 1.807) is 6.07 Å². The van der Waals surface area contributed by atoms with Crippen LogP contribution in [0.2, 0.25) is 0 Å². The van der Waals surface area contributed by atoms with Crippen molar-refractivity contribution in [1.29, 1.82) is 0 Å². The molecule has 2 aromatic heterocycles. The number of hydrogen-bond acceptors (Lipinski definition) is 3. The third-order valence-electron chi connectivity index (χ3n) is 4.58. The molecule has 0 radical (unpaired) electrons. The van der Waals surface area contributed by atoms with Gasteiger partial charge in [-0.1, -0.05) is 42.5 Å². The maximum atomic E-state index is 12.6. The summed E-state index contributed by atoms with van der Waals surface area (Å²) >= 11 is 0. The second-order valence-corrected chi connectivity index (χ2v) is 6.38. The highest BCUT2D eigenvalue weighted by Gasteiger charge is 2.21. The number of nitrogens with two attached hydrogens (primary N) is 1. The van der Waals surface area contributed by atoms with Crippen LogP contribution in [0.15, 0.2) is 66.9 Å². The number of para-hydroxylation sites is 2. The van der Waals surface area contributed by atoms with Crippen molar-refractivity contribution >= 4 is 33.6 Å². The first-order chi connectivity index (χ1) is 13.1. The molecule has 2 amide bonds. The van der Waals surface area contributed by atoms with E-state index in [4.69, 9.17) is 5.73 Å². The van der Waals surface area contributed by atoms with E-state index in [9.17, 15) is 9.59 Å². The van der Waals surface area contributed by atoms with Crippen molar-refractivity contribution in [1.82, 2.24) is 15.3 Å². The molecule has 134 valence electrons. The fourth-order valence-corrected chi connectivity index (χ4v) is 3.17. The van der Waals surface area contributed by atoms with Crippen LogP contribution < -0.4 is 11.1 Å². The average molecular weight is 358 g/mol. The number of aromatic amines is 1. The Morgan fingerprint density at radius 1 is 1.04 bits per heavy atom. The maximum absolute atomic E-state index is 12.6. The van der Waals surface area contributed by atoms with E-state index >= 15 is 0 Å². The molecular weight excluding hydrogens is 340 g/mol. The standard InChI is InChI=1S/C21H18N4O2/c22-20(26)19(11-14-12-23-17-8-4-2-6-15(14)17)25-21(27)18-10-9-13-5-1-3-7-16(13)24-18/h1-10,12,19,23H,11H2,(H2,22,26)(H,25,27)/t19-/m0/s1. The van der Waals surface area contributed by atoms with Crippen molar-refractivity contribution in [2.75, 3.05) is 0 Å². The molecule has 0 aliphatic heterocycles. The van der Waals surface area contributed by atoms with E-state index in [2.05, 4.69) is 15.3 Å². The van der Waals surface area contributed by atoms with Gasteiger partial charge in [-0.2, -0.15) is 0 Å². The summed E-state index contributed by atoms with van der Waals surface area (Å²) in [5.41, 5.74) is 8.39. The second-order valence-electron chi connectivity index (χ2n) is 6.38. The minimum Gasteiger partial charge on any atom is -0.368 e. The highest BCUT2D eigenvalue weighted by Crippen LogP contribution is 2.19. The molecule has 6 nitrogen and oxygen atoms in total. The fraction of sp³-hybridized carbons (Fsp3) is 0.0952. The van der Waals surface area contributed by atoms with Crippen LogP contribution in [0.5, 0.6) is 0 Å². The van der Waals surface area contributed by atoms with Crippen molar-refractivity contribution in [3.8, 4) is 0 Å². The zero-order valence-electron chi connectivity index (χ0n) is 14.5. The number of carbonyl (C=O) groups excluding carboxylic acids is 2. The third-order valence-corrected chi connectivity index (χ3v) is 4.58. The molecule has 0 aliphatic rings. The Morgan fingerprint density at radius 2 is 1.81 bits per heavy atom. The number of hydrogen-bond donors (Lipinski definition) is 3. The monoisotopic (exact) mass is 358 g/mol. The molecule has 2 heterocycles. The molecule has 2 aromatic carbocycles. The molecule has 4 N–H and O–H groups in total. The van der Waals surface area contributed by atoms with Gasteiger partial charge in [0.2, 0.25) is 5.91 Å². The lowest BCUT2D eigenvalue weighted by Crippen LogP contribution is -2.46. The number of pyridine rings is 1. The molecule has 0 bridgehead atoms. The van der Waals surface area contributed by atoms with Crippen molar-refractivity contribution in [3.05, 3.63) is 78.1 Å². The lowest BCUT2D eigenvalue weighted by atomic mass is 10.0. The number of nitrogens with one attached hydrogen (secondary N) is 2. The number of amides is 2. The lowest BCUT2D eigenvalue weighted by Gasteiger charge is -2.15. The predicted octanol–water partition coefficient (Wildman–Crippen LogP) is 2.54. The van der Waals surface area contributed by atoms with Gasteiger partial charge in [0.1, 0.15) is 11.7 Å². The Hall–Kier alpha value is -3.67. The molecule has 0 fully saturated rings. The molecule has 6 heteroatoms. The van der Waals surface area contributed by atoms with Crippen molar-refractivity contribution < 1.29 is 9.59 Å². The summed E-state index contributed by atoms with van der Waals surface area (Å²) in [5, 5.41) is 4.66. The van der Waals surface area contributed by atoms with Crippen molar-refractivity contribution in [2.24, 2.45) is 5.73 Å². The number of primary amides is 1. The number of rotatable bonds is 5. The largest absolute Gasteiger partial charge is 0.368 e. The van der Waals surface area contributed by atoms with Gasteiger partial charge in [-0.3, -0.25) is 9.59 Å². The number of aromatic nitrogens is 2. The molecule has 0 saturated carbocycles. The summed E-state index contributed by atoms with van der Waals surface area (Å²) in [4.78, 5) is 32.0. The molecular formula is C21H18N4O2. The van der Waals surface area contributed by atoms with Crippen LogP contribution in [0, 0.1) is 0 Å². The highest BCUT2D eigenvalue weighted by atomic mass is 16.2. The Labute approximate surface area is 155 Å². The first-order valence-corrected chi connectivity index (χ1v) is 8.63. The van der Waals surface area contributed by atoms with E-state index in [0.717, 1.165) is 27.4 Å². The number of fused-ring (bicyclic) bond motifs is 2. The van der Waals surface area contributed by atoms with Crippen LogP contribution in [0.4, 0.5) is 0 Å². The molecule has 4 rings (SSSR count). The smallest absolute Gasteiger partial charge is 0.270 e. The number of carbonyl (C=O) groups is 2. The summed E-state index contributed by atoms with van der Waals surface area (Å²) in [7, 11) is 0. The van der Waals surface area contributed by atoms with Crippen molar-refractivity contribution in [3.63, 3.8) is 0 Å². The molecule has 1 atom stereocenters. The van der Waals surface area contributed by atoms with E-state index in [0.29, 0.717) is 6.42 Å². The summed E-state index contributed by atoms with van der Waals surface area (Å²) in [5.74, 6) is -1.01. The highest BCUT2D eigenvalue weighted by molar-refractivity contribution is 5.98. The molecule has 0 unspecified atom stereocenters. The summed E-state index contributed by atoms with van der Waals surface area (Å²) in [6, 6.07) is 18.0. The van der Waals surface area contributed by atoms with Crippen LogP contribution in [-0.4, -0.2) is 27.8 Å². The van der Waals surface area contributed by atoms with E-state index in [1.165, 1.54) is 0 Å². The van der Waals surface area contributed by atoms with Gasteiger partial charge in [-0.25, -0.2) is 4.98 Å². The molecule has 4 aromatic rings. The molecule has 0 aliphatic carbocycles. The predicted molar refractivity (Wildman–Crippen MR) is 104 cm³/mol. The van der Waals surface area contributed by atoms with Gasteiger partial charge in [-0.05, 0) is 23.8 Å². The lowest BCUT2D eigenvalue weighted by molar-refractivity contribution is -0.119. The Kier molecular flexibility index (Phi) is 4.30. The topological polar surface area (TPSA) is 101 Å². The van der Waals surface area contributed by atoms with Gasteiger partial charge in [0.15, 0.2) is 0 Å². The average Bonchev–Trinajstić information content (AvgIpc) is 3.10. The van der Waals surface area contributed by atoms with E-state index < -0.39 is 17.9 Å². The van der Waals surface area contributed by atoms with Gasteiger partial charge in [-0.15, -0.1) is 0 Å². The van der Waals surface area contributed by atoms with Gasteiger partial charge < -0.3 is 16.0 Å². The summed E-state index contributed by atoms with van der Waals surface area (Å²) in [6.45, 7) is 0. The summed E-state index contributed by atoms with van der Waals surface area (Å²) in [6.07, 6.45) is 2.14. The molecule has 0 saturated heterocycles. The molecule has 0 spiro atoms. The normalized spacial score (nSPS) is 12.1. The second kappa shape index (κ2) is 6.92. The SMILES string of the molecule is NC(=O)[C@H](Cc1c[nH]c2ccccc12)NC(=O)c1ccc2ccccc2n1. The van der Waals surface area contributed by atoms with Crippen LogP contribution >= 0.6 is 0 Å². The van der Waals surface area contributed by atoms with Crippen LogP contribution in [0.3, 0.4) is 0 Å². The van der Waals surface area contributed by atoms with Crippen LogP contribution in [-0.2, 0) is 11.2 Å². The maximum Gasteiger partial charge on any atom is 0.270 e. The van der Waals surface area contributed by atoms with Gasteiger partial charge >= 0.3 is 0 Å². The number of benzene rings is 2. The number of nitrogens with zero attached hydrogens (tertiary/aromatic N) is 1. The zero-order valence-corrected chi connectivity index (χ0v) is 14.5. The van der Waals surface area contributed by atoms with Crippen molar-refractivity contribution in [2.45, 2.75) is 12.5 Å². The van der Waals surface area contributed by atoms with Crippen LogP contribution in [0.1, 0.15) is 16.1 Å².